The molecule has 0 radical (unpaired) electrons. The number of benzene rings is 1. The largest absolute Gasteiger partial charge is 0.489 e. The van der Waals surface area contributed by atoms with Crippen molar-refractivity contribution in [2.24, 2.45) is 22.6 Å². The van der Waals surface area contributed by atoms with Gasteiger partial charge in [-0.3, -0.25) is 0 Å². The van der Waals surface area contributed by atoms with Crippen molar-refractivity contribution in [2.75, 3.05) is 46.0 Å². The first kappa shape index (κ1) is 25.6. The highest BCUT2D eigenvalue weighted by molar-refractivity contribution is 8.15. The lowest BCUT2D eigenvalue weighted by molar-refractivity contribution is 0.146. The molecule has 1 fully saturated rings. The maximum Gasteiger partial charge on any atom is 0.160 e. The molecule has 1 aliphatic carbocycles. The number of ether oxygens (including phenoxy) is 3. The molecular formula is C25H28F2N6O3S. The Balaban J connectivity index is 1.49. The monoisotopic (exact) mass is 530 g/mol. The Labute approximate surface area is 217 Å². The Morgan fingerprint density at radius 2 is 1.97 bits per heavy atom. The van der Waals surface area contributed by atoms with Gasteiger partial charge in [0.2, 0.25) is 0 Å². The van der Waals surface area contributed by atoms with Gasteiger partial charge in [-0.05, 0) is 24.1 Å². The second kappa shape index (κ2) is 9.99. The molecule has 9 nitrogen and oxygen atoms in total. The average Bonchev–Trinajstić information content (AvgIpc) is 3.48. The Morgan fingerprint density at radius 1 is 1.14 bits per heavy atom. The fourth-order valence-electron chi connectivity index (χ4n) is 5.36. The first-order valence-corrected chi connectivity index (χ1v) is 12.6. The number of nitrogens with zero attached hydrogens (tertiary/aromatic N) is 4. The van der Waals surface area contributed by atoms with Gasteiger partial charge in [0.1, 0.15) is 42.2 Å². The van der Waals surface area contributed by atoms with Gasteiger partial charge in [0.25, 0.3) is 0 Å². The molecule has 1 aromatic carbocycles. The SMILES string of the molecule is COCCOc1cnc2c(Nc3ccc(F)c([C@@]4(CF)N=C(N)S[C@]5(COC)[C@H]4[C@@H]5C)c3)ncnc2c1. The van der Waals surface area contributed by atoms with Gasteiger partial charge >= 0.3 is 0 Å². The van der Waals surface area contributed by atoms with Crippen LogP contribution in [0, 0.1) is 17.7 Å². The second-order valence-corrected chi connectivity index (χ2v) is 10.6. The fourth-order valence-corrected chi connectivity index (χ4v) is 6.91. The van der Waals surface area contributed by atoms with Crippen LogP contribution < -0.4 is 15.8 Å². The molecule has 3 aromatic rings. The highest BCUT2D eigenvalue weighted by atomic mass is 32.2. The maximum absolute atomic E-state index is 15.3. The molecule has 0 spiro atoms. The summed E-state index contributed by atoms with van der Waals surface area (Å²) in [6.45, 7) is 2.31. The zero-order valence-corrected chi connectivity index (χ0v) is 21.5. The van der Waals surface area contributed by atoms with Crippen LogP contribution in [-0.4, -0.2) is 65.6 Å². The van der Waals surface area contributed by atoms with Crippen LogP contribution in [-0.2, 0) is 15.0 Å². The quantitative estimate of drug-likeness (QED) is 0.377. The van der Waals surface area contributed by atoms with Crippen molar-refractivity contribution in [3.63, 3.8) is 0 Å². The van der Waals surface area contributed by atoms with Crippen molar-refractivity contribution < 1.29 is 23.0 Å². The van der Waals surface area contributed by atoms with Crippen molar-refractivity contribution in [3.8, 4) is 5.75 Å². The highest BCUT2D eigenvalue weighted by Gasteiger charge is 2.73. The number of methoxy groups -OCH3 is 2. The lowest BCUT2D eigenvalue weighted by atomic mass is 9.84. The highest BCUT2D eigenvalue weighted by Crippen LogP contribution is 2.70. The number of pyridine rings is 1. The number of nitrogens with one attached hydrogen (secondary N) is 1. The number of halogens is 2. The first-order valence-electron chi connectivity index (χ1n) is 11.8. The fraction of sp³-hybridized carbons (Fsp3) is 0.440. The molecule has 4 atom stereocenters. The molecule has 1 saturated carbocycles. The number of aromatic nitrogens is 3. The van der Waals surface area contributed by atoms with Crippen LogP contribution in [0.15, 0.2) is 41.8 Å². The molecule has 5 rings (SSSR count). The summed E-state index contributed by atoms with van der Waals surface area (Å²) in [6.07, 6.45) is 2.97. The average molecular weight is 531 g/mol. The van der Waals surface area contributed by atoms with Crippen molar-refractivity contribution >= 4 is 39.5 Å². The van der Waals surface area contributed by atoms with E-state index in [1.165, 1.54) is 24.2 Å². The van der Waals surface area contributed by atoms with Gasteiger partial charge < -0.3 is 25.3 Å². The van der Waals surface area contributed by atoms with E-state index in [2.05, 4.69) is 25.3 Å². The predicted octanol–water partition coefficient (Wildman–Crippen LogP) is 3.81. The van der Waals surface area contributed by atoms with Gasteiger partial charge in [-0.25, -0.2) is 28.7 Å². The van der Waals surface area contributed by atoms with E-state index < -0.39 is 22.8 Å². The third-order valence-corrected chi connectivity index (χ3v) is 8.51. The summed E-state index contributed by atoms with van der Waals surface area (Å²) < 4.78 is 45.8. The second-order valence-electron chi connectivity index (χ2n) is 9.19. The van der Waals surface area contributed by atoms with E-state index in [9.17, 15) is 4.39 Å². The van der Waals surface area contributed by atoms with Crippen LogP contribution in [0.2, 0.25) is 0 Å². The van der Waals surface area contributed by atoms with Gasteiger partial charge in [-0.2, -0.15) is 0 Å². The van der Waals surface area contributed by atoms with E-state index in [4.69, 9.17) is 19.9 Å². The number of alkyl halides is 1. The van der Waals surface area contributed by atoms with E-state index in [-0.39, 0.29) is 22.6 Å². The van der Waals surface area contributed by atoms with Gasteiger partial charge in [-0.1, -0.05) is 18.7 Å². The number of amidine groups is 1. The minimum atomic E-state index is -1.45. The molecule has 3 heterocycles. The Hall–Kier alpha value is -3.09. The van der Waals surface area contributed by atoms with Crippen LogP contribution >= 0.6 is 11.8 Å². The molecule has 3 N–H and O–H groups in total. The molecule has 1 aliphatic heterocycles. The number of anilines is 2. The summed E-state index contributed by atoms with van der Waals surface area (Å²) in [5.41, 5.74) is 6.41. The van der Waals surface area contributed by atoms with Crippen molar-refractivity contribution in [3.05, 3.63) is 48.2 Å². The summed E-state index contributed by atoms with van der Waals surface area (Å²) >= 11 is 1.38. The normalized spacial score (nSPS) is 26.5. The molecule has 2 aliphatic rings. The maximum atomic E-state index is 15.3. The lowest BCUT2D eigenvalue weighted by Crippen LogP contribution is -2.41. The molecule has 37 heavy (non-hydrogen) atoms. The Kier molecular flexibility index (Phi) is 6.90. The summed E-state index contributed by atoms with van der Waals surface area (Å²) in [5.74, 6) is 0.165. The zero-order valence-electron chi connectivity index (χ0n) is 20.7. The summed E-state index contributed by atoms with van der Waals surface area (Å²) in [4.78, 5) is 17.5. The molecule has 0 saturated heterocycles. The first-order chi connectivity index (χ1) is 17.9. The molecule has 12 heteroatoms. The van der Waals surface area contributed by atoms with Crippen LogP contribution in [0.4, 0.5) is 20.3 Å². The van der Waals surface area contributed by atoms with E-state index >= 15 is 4.39 Å². The van der Waals surface area contributed by atoms with Crippen molar-refractivity contribution in [1.29, 1.82) is 0 Å². The Morgan fingerprint density at radius 3 is 2.73 bits per heavy atom. The summed E-state index contributed by atoms with van der Waals surface area (Å²) in [6, 6.07) is 6.18. The van der Waals surface area contributed by atoms with E-state index in [0.29, 0.717) is 48.1 Å². The van der Waals surface area contributed by atoms with Gasteiger partial charge in [0.15, 0.2) is 11.0 Å². The van der Waals surface area contributed by atoms with Crippen molar-refractivity contribution in [2.45, 2.75) is 17.2 Å². The summed E-state index contributed by atoms with van der Waals surface area (Å²) in [7, 11) is 3.19. The number of hydrogen-bond donors (Lipinski definition) is 2. The number of aliphatic imine (C=N–C) groups is 1. The lowest BCUT2D eigenvalue weighted by Gasteiger charge is -2.35. The standard InChI is InChI=1S/C25H28F2N6O3S/c1-14-21-24(11-26,33-23(28)37-25(14,21)12-35-3)17-8-15(4-5-18(17)27)32-22-20-19(30-13-31-22)9-16(10-29-20)36-7-6-34-2/h4-5,8-10,13-14,21H,6-7,11-12H2,1-3H3,(H2,28,33)(H,30,31,32)/t14-,21-,24+,25-/m0/s1. The van der Waals surface area contributed by atoms with Crippen LogP contribution in [0.5, 0.6) is 5.75 Å². The van der Waals surface area contributed by atoms with Crippen LogP contribution in [0.3, 0.4) is 0 Å². The number of thioether (sulfide) groups is 1. The number of hydrogen-bond acceptors (Lipinski definition) is 10. The summed E-state index contributed by atoms with van der Waals surface area (Å²) in [5, 5.41) is 3.40. The van der Waals surface area contributed by atoms with E-state index in [1.54, 1.807) is 38.6 Å². The number of rotatable bonds is 10. The molecule has 0 bridgehead atoms. The Bertz CT molecular complexity index is 1350. The van der Waals surface area contributed by atoms with Gasteiger partial charge in [0.05, 0.1) is 29.7 Å². The predicted molar refractivity (Wildman–Crippen MR) is 139 cm³/mol. The molecular weight excluding hydrogens is 502 g/mol. The van der Waals surface area contributed by atoms with Crippen LogP contribution in [0.1, 0.15) is 12.5 Å². The van der Waals surface area contributed by atoms with Gasteiger partial charge in [-0.15, -0.1) is 0 Å². The molecule has 0 unspecified atom stereocenters. The van der Waals surface area contributed by atoms with Gasteiger partial charge in [0, 0.05) is 37.5 Å². The minimum Gasteiger partial charge on any atom is -0.489 e. The van der Waals surface area contributed by atoms with E-state index in [0.717, 1.165) is 0 Å². The number of fused-ring (bicyclic) bond motifs is 2. The topological polar surface area (TPSA) is 117 Å². The minimum absolute atomic E-state index is 0.0318. The molecule has 2 aromatic heterocycles. The van der Waals surface area contributed by atoms with Crippen LogP contribution in [0.25, 0.3) is 11.0 Å². The number of nitrogens with two attached hydrogens (primary N) is 1. The van der Waals surface area contributed by atoms with E-state index in [1.807, 2.05) is 6.92 Å². The van der Waals surface area contributed by atoms with Crippen molar-refractivity contribution in [1.82, 2.24) is 15.0 Å². The molecule has 0 amide bonds. The zero-order chi connectivity index (χ0) is 26.2. The third kappa shape index (κ3) is 4.36. The third-order valence-electron chi connectivity index (χ3n) is 7.08. The molecule has 196 valence electrons. The smallest absolute Gasteiger partial charge is 0.160 e.